The fraction of sp³-hybridized carbons (Fsp3) is 0.222. The SMILES string of the molecule is COCCOc1ccc(NC(=O)CNc2cccc(C(N)=O)c2)cc1. The lowest BCUT2D eigenvalue weighted by Crippen LogP contribution is -2.22. The molecule has 0 fully saturated rings. The lowest BCUT2D eigenvalue weighted by Gasteiger charge is -2.10. The van der Waals surface area contributed by atoms with E-state index in [1.54, 1.807) is 55.6 Å². The van der Waals surface area contributed by atoms with Crippen LogP contribution < -0.4 is 21.1 Å². The van der Waals surface area contributed by atoms with Crippen LogP contribution in [0.1, 0.15) is 10.4 Å². The zero-order valence-corrected chi connectivity index (χ0v) is 14.0. The third kappa shape index (κ3) is 6.15. The smallest absolute Gasteiger partial charge is 0.248 e. The molecule has 4 N–H and O–H groups in total. The van der Waals surface area contributed by atoms with Crippen LogP contribution in [0.15, 0.2) is 48.5 Å². The Morgan fingerprint density at radius 3 is 2.48 bits per heavy atom. The summed E-state index contributed by atoms with van der Waals surface area (Å²) in [5.41, 5.74) is 6.92. The van der Waals surface area contributed by atoms with E-state index >= 15 is 0 Å². The average molecular weight is 343 g/mol. The molecule has 0 atom stereocenters. The first-order valence-corrected chi connectivity index (χ1v) is 7.74. The quantitative estimate of drug-likeness (QED) is 0.603. The summed E-state index contributed by atoms with van der Waals surface area (Å²) in [4.78, 5) is 23.1. The van der Waals surface area contributed by atoms with E-state index in [4.69, 9.17) is 15.2 Å². The van der Waals surface area contributed by atoms with Gasteiger partial charge < -0.3 is 25.8 Å². The Morgan fingerprint density at radius 2 is 1.80 bits per heavy atom. The number of carbonyl (C=O) groups is 2. The number of ether oxygens (including phenoxy) is 2. The molecule has 2 aromatic rings. The van der Waals surface area contributed by atoms with Crippen molar-refractivity contribution >= 4 is 23.2 Å². The van der Waals surface area contributed by atoms with Gasteiger partial charge in [0.15, 0.2) is 0 Å². The van der Waals surface area contributed by atoms with Crippen molar-refractivity contribution in [1.29, 1.82) is 0 Å². The number of primary amides is 1. The molecule has 0 saturated heterocycles. The standard InChI is InChI=1S/C18H21N3O4/c1-24-9-10-25-16-7-5-14(6-8-16)21-17(22)12-20-15-4-2-3-13(11-15)18(19)23/h2-8,11,20H,9-10,12H2,1H3,(H2,19,23)(H,21,22). The number of nitrogens with two attached hydrogens (primary N) is 1. The first-order chi connectivity index (χ1) is 12.1. The third-order valence-corrected chi connectivity index (χ3v) is 3.29. The Morgan fingerprint density at radius 1 is 1.04 bits per heavy atom. The molecule has 25 heavy (non-hydrogen) atoms. The van der Waals surface area contributed by atoms with E-state index in [9.17, 15) is 9.59 Å². The molecule has 2 aromatic carbocycles. The van der Waals surface area contributed by atoms with E-state index in [1.165, 1.54) is 0 Å². The molecule has 0 aromatic heterocycles. The van der Waals surface area contributed by atoms with Gasteiger partial charge in [-0.25, -0.2) is 0 Å². The summed E-state index contributed by atoms with van der Waals surface area (Å²) in [6.45, 7) is 1.05. The van der Waals surface area contributed by atoms with Crippen molar-refractivity contribution in [2.75, 3.05) is 37.5 Å². The number of hydrogen-bond acceptors (Lipinski definition) is 5. The highest BCUT2D eigenvalue weighted by Crippen LogP contribution is 2.16. The number of nitrogens with one attached hydrogen (secondary N) is 2. The van der Waals surface area contributed by atoms with Gasteiger partial charge in [-0.3, -0.25) is 9.59 Å². The van der Waals surface area contributed by atoms with Crippen LogP contribution in [0.4, 0.5) is 11.4 Å². The van der Waals surface area contributed by atoms with Crippen molar-refractivity contribution in [1.82, 2.24) is 0 Å². The van der Waals surface area contributed by atoms with E-state index in [0.717, 1.165) is 0 Å². The number of benzene rings is 2. The number of hydrogen-bond donors (Lipinski definition) is 3. The minimum Gasteiger partial charge on any atom is -0.491 e. The van der Waals surface area contributed by atoms with E-state index in [-0.39, 0.29) is 12.5 Å². The van der Waals surface area contributed by atoms with Crippen LogP contribution in [0, 0.1) is 0 Å². The Balaban J connectivity index is 1.82. The van der Waals surface area contributed by atoms with Gasteiger partial charge >= 0.3 is 0 Å². The highest BCUT2D eigenvalue weighted by atomic mass is 16.5. The molecule has 132 valence electrons. The third-order valence-electron chi connectivity index (χ3n) is 3.29. The normalized spacial score (nSPS) is 10.1. The van der Waals surface area contributed by atoms with Crippen LogP contribution in [-0.2, 0) is 9.53 Å². The number of amides is 2. The number of carbonyl (C=O) groups excluding carboxylic acids is 2. The summed E-state index contributed by atoms with van der Waals surface area (Å²) in [5, 5.41) is 5.72. The number of rotatable bonds is 9. The van der Waals surface area contributed by atoms with Crippen LogP contribution in [0.25, 0.3) is 0 Å². The predicted molar refractivity (Wildman–Crippen MR) is 95.9 cm³/mol. The second kappa shape index (κ2) is 9.29. The zero-order chi connectivity index (χ0) is 18.1. The minimum absolute atomic E-state index is 0.0638. The molecule has 2 rings (SSSR count). The summed E-state index contributed by atoms with van der Waals surface area (Å²) < 4.78 is 10.4. The molecule has 0 aliphatic carbocycles. The summed E-state index contributed by atoms with van der Waals surface area (Å²) >= 11 is 0. The second-order valence-corrected chi connectivity index (χ2v) is 5.21. The Kier molecular flexibility index (Phi) is 6.79. The van der Waals surface area contributed by atoms with E-state index < -0.39 is 5.91 Å². The maximum Gasteiger partial charge on any atom is 0.248 e. The van der Waals surface area contributed by atoms with Gasteiger partial charge in [0.05, 0.1) is 13.2 Å². The lowest BCUT2D eigenvalue weighted by molar-refractivity contribution is -0.114. The first-order valence-electron chi connectivity index (χ1n) is 7.74. The van der Waals surface area contributed by atoms with Crippen molar-refractivity contribution in [3.63, 3.8) is 0 Å². The van der Waals surface area contributed by atoms with Crippen LogP contribution in [0.5, 0.6) is 5.75 Å². The lowest BCUT2D eigenvalue weighted by atomic mass is 10.2. The molecule has 2 amide bonds. The Labute approximate surface area is 146 Å². The number of anilines is 2. The van der Waals surface area contributed by atoms with Crippen molar-refractivity contribution in [2.45, 2.75) is 0 Å². The molecular formula is C18H21N3O4. The second-order valence-electron chi connectivity index (χ2n) is 5.21. The maximum absolute atomic E-state index is 12.0. The molecule has 0 bridgehead atoms. The summed E-state index contributed by atoms with van der Waals surface area (Å²) in [7, 11) is 1.61. The largest absolute Gasteiger partial charge is 0.491 e. The van der Waals surface area contributed by atoms with Crippen LogP contribution >= 0.6 is 0 Å². The fourth-order valence-electron chi connectivity index (χ4n) is 2.05. The average Bonchev–Trinajstić information content (AvgIpc) is 2.62. The van der Waals surface area contributed by atoms with Gasteiger partial charge in [0.1, 0.15) is 12.4 Å². The topological polar surface area (TPSA) is 103 Å². The van der Waals surface area contributed by atoms with Gasteiger partial charge in [0, 0.05) is 24.0 Å². The molecule has 0 heterocycles. The molecule has 0 spiro atoms. The van der Waals surface area contributed by atoms with Crippen molar-refractivity contribution < 1.29 is 19.1 Å². The van der Waals surface area contributed by atoms with Crippen LogP contribution in [0.2, 0.25) is 0 Å². The highest BCUT2D eigenvalue weighted by Gasteiger charge is 2.05. The molecule has 0 unspecified atom stereocenters. The molecule has 7 nitrogen and oxygen atoms in total. The van der Waals surface area contributed by atoms with Gasteiger partial charge in [-0.15, -0.1) is 0 Å². The number of methoxy groups -OCH3 is 1. The molecule has 7 heteroatoms. The van der Waals surface area contributed by atoms with Gasteiger partial charge in [-0.2, -0.15) is 0 Å². The molecule has 0 aliphatic rings. The Bertz CT molecular complexity index is 717. The van der Waals surface area contributed by atoms with Crippen LogP contribution in [-0.4, -0.2) is 38.7 Å². The minimum atomic E-state index is -0.513. The van der Waals surface area contributed by atoms with E-state index in [1.807, 2.05) is 0 Å². The van der Waals surface area contributed by atoms with E-state index in [0.29, 0.717) is 35.9 Å². The van der Waals surface area contributed by atoms with Crippen LogP contribution in [0.3, 0.4) is 0 Å². The fourth-order valence-corrected chi connectivity index (χ4v) is 2.05. The maximum atomic E-state index is 12.0. The van der Waals surface area contributed by atoms with Gasteiger partial charge in [-0.1, -0.05) is 6.07 Å². The molecule has 0 radical (unpaired) electrons. The Hall–Kier alpha value is -3.06. The van der Waals surface area contributed by atoms with Crippen molar-refractivity contribution in [2.24, 2.45) is 5.73 Å². The zero-order valence-electron chi connectivity index (χ0n) is 14.0. The molecular weight excluding hydrogens is 322 g/mol. The van der Waals surface area contributed by atoms with Gasteiger partial charge in [-0.05, 0) is 42.5 Å². The highest BCUT2D eigenvalue weighted by molar-refractivity contribution is 5.95. The monoisotopic (exact) mass is 343 g/mol. The first kappa shape index (κ1) is 18.3. The summed E-state index contributed by atoms with van der Waals surface area (Å²) in [5.74, 6) is -0.0186. The van der Waals surface area contributed by atoms with E-state index in [2.05, 4.69) is 10.6 Å². The summed E-state index contributed by atoms with van der Waals surface area (Å²) in [6.07, 6.45) is 0. The van der Waals surface area contributed by atoms with Gasteiger partial charge in [0.25, 0.3) is 0 Å². The molecule has 0 saturated carbocycles. The predicted octanol–water partition coefficient (Wildman–Crippen LogP) is 1.86. The van der Waals surface area contributed by atoms with Crippen molar-refractivity contribution in [3.8, 4) is 5.75 Å². The van der Waals surface area contributed by atoms with Crippen molar-refractivity contribution in [3.05, 3.63) is 54.1 Å². The summed E-state index contributed by atoms with van der Waals surface area (Å²) in [6, 6.07) is 13.7. The molecule has 0 aliphatic heterocycles. The van der Waals surface area contributed by atoms with Gasteiger partial charge in [0.2, 0.25) is 11.8 Å².